The molecule has 0 aliphatic carbocycles. The molecule has 270 valence electrons. The summed E-state index contributed by atoms with van der Waals surface area (Å²) in [5, 5.41) is 53.5. The van der Waals surface area contributed by atoms with Crippen LogP contribution in [0, 0.1) is 17.8 Å². The summed E-state index contributed by atoms with van der Waals surface area (Å²) >= 11 is 0. The Hall–Kier alpha value is -4.11. The fourth-order valence-electron chi connectivity index (χ4n) is 6.58. The molecule has 0 saturated carbocycles. The van der Waals surface area contributed by atoms with Crippen molar-refractivity contribution in [3.05, 3.63) is 60.2 Å². The van der Waals surface area contributed by atoms with Gasteiger partial charge in [-0.05, 0) is 42.2 Å². The van der Waals surface area contributed by atoms with Gasteiger partial charge in [0.1, 0.15) is 12.2 Å². The number of hydrogen-bond donors (Lipinski definition) is 5. The summed E-state index contributed by atoms with van der Waals surface area (Å²) in [6.07, 6.45) is -4.83. The van der Waals surface area contributed by atoms with E-state index < -0.39 is 77.7 Å². The van der Waals surface area contributed by atoms with Gasteiger partial charge in [-0.15, -0.1) is 0 Å². The van der Waals surface area contributed by atoms with Crippen molar-refractivity contribution in [2.24, 2.45) is 17.8 Å². The molecule has 3 rings (SSSR count). The normalized spacial score (nSPS) is 30.1. The Kier molecular flexibility index (Phi) is 12.5. The number of carbonyl (C=O) groups is 5. The zero-order chi connectivity index (χ0) is 36.9. The van der Waals surface area contributed by atoms with Crippen molar-refractivity contribution in [2.75, 3.05) is 0 Å². The number of carbonyl (C=O) groups excluding carboxylic acids is 2. The van der Waals surface area contributed by atoms with Crippen LogP contribution in [0.3, 0.4) is 0 Å². The predicted octanol–water partition coefficient (Wildman–Crippen LogP) is 2.88. The van der Waals surface area contributed by atoms with Crippen molar-refractivity contribution in [3.8, 4) is 0 Å². The minimum atomic E-state index is -3.90. The van der Waals surface area contributed by atoms with Crippen LogP contribution in [-0.4, -0.2) is 96.8 Å². The number of ether oxygens (including phenoxy) is 4. The average Bonchev–Trinajstić information content (AvgIpc) is 3.25. The second-order valence-electron chi connectivity index (χ2n) is 13.1. The Labute approximate surface area is 284 Å². The van der Waals surface area contributed by atoms with Gasteiger partial charge in [0, 0.05) is 25.3 Å². The Balaban J connectivity index is 2.02. The molecule has 2 bridgehead atoms. The SMILES string of the molecule is C=C(CC[C@]12O[13C@H]([13C](=O)O)[13C@@](O)([13C](=O)O)[C@](C(=O)O)(O1)[C@H](OC(=O)/C=C/[C@@H](C)C[C@@H](C)CC)[C@H]2O)[C@@H](OC(C)=O)[C@H](C)Cc1ccccc1. The van der Waals surface area contributed by atoms with Gasteiger partial charge in [0.15, 0.2) is 6.10 Å². The van der Waals surface area contributed by atoms with Gasteiger partial charge in [0.25, 0.3) is 0 Å². The summed E-state index contributed by atoms with van der Waals surface area (Å²) in [6, 6.07) is 9.29. The summed E-state index contributed by atoms with van der Waals surface area (Å²) in [5.74, 6) is -11.3. The molecule has 0 spiro atoms. The minimum absolute atomic E-state index is 0.123. The van der Waals surface area contributed by atoms with Crippen molar-refractivity contribution in [1.82, 2.24) is 0 Å². The average molecular weight is 695 g/mol. The number of aliphatic hydroxyl groups excluding tert-OH is 1. The van der Waals surface area contributed by atoms with Crippen LogP contribution < -0.4 is 0 Å². The lowest BCUT2D eigenvalue weighted by Gasteiger charge is -2.48. The lowest BCUT2D eigenvalue weighted by molar-refractivity contribution is -0.374. The number of carboxylic acids is 3. The van der Waals surface area contributed by atoms with E-state index >= 15 is 0 Å². The monoisotopic (exact) mass is 694 g/mol. The van der Waals surface area contributed by atoms with Gasteiger partial charge in [0.05, 0.1) is 0 Å². The van der Waals surface area contributed by atoms with E-state index in [4.69, 9.17) is 18.9 Å². The number of benzene rings is 1. The fraction of sp³-hybridized carbons (Fsp3) is 0.571. The van der Waals surface area contributed by atoms with Gasteiger partial charge in [0.2, 0.25) is 23.1 Å². The lowest BCUT2D eigenvalue weighted by atomic mass is 9.88. The van der Waals surface area contributed by atoms with Crippen LogP contribution in [0.25, 0.3) is 0 Å². The number of hydrogen-bond acceptors (Lipinski definition) is 11. The molecule has 2 heterocycles. The van der Waals surface area contributed by atoms with E-state index in [-0.39, 0.29) is 23.8 Å². The maximum atomic E-state index is 13.0. The van der Waals surface area contributed by atoms with Crippen LogP contribution in [0.1, 0.15) is 65.9 Å². The van der Waals surface area contributed by atoms with Gasteiger partial charge < -0.3 is 44.5 Å². The lowest BCUT2D eigenvalue weighted by Crippen LogP contribution is -2.78. The van der Waals surface area contributed by atoms with Gasteiger partial charge >= 0.3 is 29.8 Å². The first kappa shape index (κ1) is 39.3. The van der Waals surface area contributed by atoms with Gasteiger partial charge in [-0.2, -0.15) is 0 Å². The number of carboxylic acid groups (broad SMARTS) is 3. The summed E-state index contributed by atoms with van der Waals surface area (Å²) in [6.45, 7) is 12.9. The van der Waals surface area contributed by atoms with Crippen LogP contribution in [0.4, 0.5) is 0 Å². The molecule has 0 unspecified atom stereocenters. The van der Waals surface area contributed by atoms with Crippen molar-refractivity contribution in [1.29, 1.82) is 0 Å². The van der Waals surface area contributed by atoms with Gasteiger partial charge in [-0.1, -0.05) is 77.1 Å². The van der Waals surface area contributed by atoms with Crippen LogP contribution >= 0.6 is 0 Å². The first-order valence-corrected chi connectivity index (χ1v) is 16.1. The third-order valence-electron chi connectivity index (χ3n) is 9.29. The van der Waals surface area contributed by atoms with Crippen LogP contribution in [0.5, 0.6) is 0 Å². The molecule has 5 N–H and O–H groups in total. The van der Waals surface area contributed by atoms with E-state index in [9.17, 15) is 49.5 Å². The number of aliphatic carboxylic acids is 3. The molecule has 2 saturated heterocycles. The molecular formula is C35H46O14. The highest BCUT2D eigenvalue weighted by molar-refractivity contribution is 5.98. The predicted molar refractivity (Wildman–Crippen MR) is 171 cm³/mol. The molecular weight excluding hydrogens is 648 g/mol. The largest absolute Gasteiger partial charge is 0.479 e. The third-order valence-corrected chi connectivity index (χ3v) is 9.29. The maximum Gasteiger partial charge on any atom is 0.344 e. The van der Waals surface area contributed by atoms with E-state index in [2.05, 4.69) is 6.58 Å². The van der Waals surface area contributed by atoms with E-state index in [1.54, 1.807) is 6.92 Å². The van der Waals surface area contributed by atoms with Crippen LogP contribution in [0.2, 0.25) is 0 Å². The fourth-order valence-corrected chi connectivity index (χ4v) is 6.58. The second-order valence-corrected chi connectivity index (χ2v) is 13.1. The van der Waals surface area contributed by atoms with E-state index in [0.29, 0.717) is 18.8 Å². The standard InChI is InChI=1S/C35H46O14/c1-7-19(2)17-20(3)13-14-25(37)47-28-27(38)33(48-29(30(39)40)34(45,31(41)42)35(28,49-33)32(43)44)16-15-21(4)26(46-23(6)36)22(5)18-24-11-9-8-10-12-24/h8-14,19-20,22,26-29,38,45H,4,7,15-18H2,1-3,5-6H3,(H,39,40)(H,41,42)(H,43,44)/b14-13+/t19-,20+,22+,26+,27+,28+,29+,33-,34+,35-/m0/s1/i29+1,30+1,31+1,34+1. The Bertz CT molecular complexity index is 1440. The number of aliphatic hydroxyl groups is 2. The van der Waals surface area contributed by atoms with Gasteiger partial charge in [-0.25, -0.2) is 19.2 Å². The highest BCUT2D eigenvalue weighted by Crippen LogP contribution is 2.56. The Morgan fingerprint density at radius 1 is 1.04 bits per heavy atom. The van der Waals surface area contributed by atoms with Crippen molar-refractivity contribution < 1.29 is 68.5 Å². The van der Waals surface area contributed by atoms with E-state index in [0.717, 1.165) is 18.1 Å². The number of fused-ring (bicyclic) bond motifs is 2. The van der Waals surface area contributed by atoms with Crippen molar-refractivity contribution in [3.63, 3.8) is 0 Å². The summed E-state index contributed by atoms with van der Waals surface area (Å²) in [4.78, 5) is 63.0. The van der Waals surface area contributed by atoms with E-state index in [1.807, 2.05) is 51.1 Å². The number of allylic oxidation sites excluding steroid dienone is 1. The van der Waals surface area contributed by atoms with Crippen LogP contribution in [-0.2, 0) is 49.3 Å². The molecule has 14 nitrogen and oxygen atoms in total. The molecule has 1 aromatic carbocycles. The molecule has 14 heteroatoms. The molecule has 2 aliphatic heterocycles. The van der Waals surface area contributed by atoms with E-state index in [1.165, 1.54) is 13.0 Å². The summed E-state index contributed by atoms with van der Waals surface area (Å²) in [7, 11) is 0. The molecule has 0 amide bonds. The molecule has 1 aromatic rings. The maximum absolute atomic E-state index is 13.0. The number of rotatable bonds is 17. The molecule has 49 heavy (non-hydrogen) atoms. The zero-order valence-electron chi connectivity index (χ0n) is 28.2. The highest BCUT2D eigenvalue weighted by Gasteiger charge is 2.85. The Morgan fingerprint density at radius 3 is 2.20 bits per heavy atom. The molecule has 10 atom stereocenters. The molecule has 2 fully saturated rings. The zero-order valence-corrected chi connectivity index (χ0v) is 28.2. The minimum Gasteiger partial charge on any atom is -0.479 e. The van der Waals surface area contributed by atoms with Gasteiger partial charge in [-0.3, -0.25) is 4.79 Å². The van der Waals surface area contributed by atoms with Crippen molar-refractivity contribution >= 4 is 29.8 Å². The topological polar surface area (TPSA) is 223 Å². The first-order valence-electron chi connectivity index (χ1n) is 16.1. The smallest absolute Gasteiger partial charge is 0.344 e. The second kappa shape index (κ2) is 15.6. The summed E-state index contributed by atoms with van der Waals surface area (Å²) < 4.78 is 22.0. The quantitative estimate of drug-likeness (QED) is 0.0685. The van der Waals surface area contributed by atoms with Crippen molar-refractivity contribution in [2.45, 2.75) is 108 Å². The Morgan fingerprint density at radius 2 is 1.67 bits per heavy atom. The first-order chi connectivity index (χ1) is 22.9. The molecule has 0 aromatic heterocycles. The van der Waals surface area contributed by atoms with Crippen LogP contribution in [0.15, 0.2) is 54.6 Å². The molecule has 0 radical (unpaired) electrons. The number of esters is 2. The molecule has 2 aliphatic rings. The highest BCUT2D eigenvalue weighted by atomic mass is 16.9. The third kappa shape index (κ3) is 7.88. The summed E-state index contributed by atoms with van der Waals surface area (Å²) in [5.41, 5.74) is -6.27.